The van der Waals surface area contributed by atoms with Gasteiger partial charge in [0.05, 0.1) is 7.11 Å². The summed E-state index contributed by atoms with van der Waals surface area (Å²) in [5.74, 6) is -3.04. The summed E-state index contributed by atoms with van der Waals surface area (Å²) >= 11 is 0. The fourth-order valence-corrected chi connectivity index (χ4v) is 3.50. The van der Waals surface area contributed by atoms with Crippen LogP contribution >= 0.6 is 0 Å². The molecule has 0 amide bonds. The van der Waals surface area contributed by atoms with Crippen molar-refractivity contribution in [1.82, 2.24) is 0 Å². The number of carbonyl (C=O) groups excluding carboxylic acids is 1. The van der Waals surface area contributed by atoms with Crippen molar-refractivity contribution in [3.63, 3.8) is 0 Å². The van der Waals surface area contributed by atoms with Gasteiger partial charge in [0.1, 0.15) is 16.5 Å². The molecule has 7 heteroatoms. The molecular weight excluding hydrogens is 290 g/mol. The zero-order valence-corrected chi connectivity index (χ0v) is 12.0. The number of ether oxygens (including phenoxy) is 1. The summed E-state index contributed by atoms with van der Waals surface area (Å²) in [5.41, 5.74) is 0. The minimum absolute atomic E-state index is 0.0301. The van der Waals surface area contributed by atoms with Crippen LogP contribution in [-0.2, 0) is 19.4 Å². The topological polar surface area (TPSA) is 60.4 Å². The molecule has 0 saturated heterocycles. The molecule has 0 N–H and O–H groups in total. The Morgan fingerprint density at radius 1 is 1.35 bits per heavy atom. The maximum Gasteiger partial charge on any atom is 0.324 e. The summed E-state index contributed by atoms with van der Waals surface area (Å²) in [6.45, 7) is 1.83. The number of halogens is 2. The van der Waals surface area contributed by atoms with Crippen molar-refractivity contribution >= 4 is 15.8 Å². The number of rotatable bonds is 6. The zero-order valence-electron chi connectivity index (χ0n) is 11.2. The molecule has 112 valence electrons. The third-order valence-electron chi connectivity index (χ3n) is 2.86. The van der Waals surface area contributed by atoms with Crippen LogP contribution in [0.3, 0.4) is 0 Å². The molecule has 0 saturated carbocycles. The van der Waals surface area contributed by atoms with Crippen LogP contribution in [0.5, 0.6) is 0 Å². The average Bonchev–Trinajstić information content (AvgIpc) is 2.38. The Labute approximate surface area is 116 Å². The average molecular weight is 306 g/mol. The predicted octanol–water partition coefficient (Wildman–Crippen LogP) is 2.47. The van der Waals surface area contributed by atoms with E-state index in [-0.39, 0.29) is 6.42 Å². The summed E-state index contributed by atoms with van der Waals surface area (Å²) < 4.78 is 55.5. The van der Waals surface area contributed by atoms with Gasteiger partial charge in [-0.25, -0.2) is 17.2 Å². The lowest BCUT2D eigenvalue weighted by Gasteiger charge is -2.15. The maximum atomic E-state index is 13.6. The summed E-state index contributed by atoms with van der Waals surface area (Å²) in [7, 11) is -3.18. The van der Waals surface area contributed by atoms with E-state index in [2.05, 4.69) is 4.74 Å². The number of sulfone groups is 1. The SMILES string of the molecule is CCCCC(C(=O)OC)S(=O)(=O)c1ccc(F)cc1F. The molecule has 0 aliphatic carbocycles. The van der Waals surface area contributed by atoms with Gasteiger partial charge in [0.25, 0.3) is 0 Å². The molecule has 0 fully saturated rings. The van der Waals surface area contributed by atoms with Crippen molar-refractivity contribution in [2.75, 3.05) is 7.11 Å². The van der Waals surface area contributed by atoms with Crippen molar-refractivity contribution in [2.24, 2.45) is 0 Å². The molecule has 0 heterocycles. The second-order valence-corrected chi connectivity index (χ2v) is 6.37. The number of hydrogen-bond donors (Lipinski definition) is 0. The first-order valence-electron chi connectivity index (χ1n) is 6.11. The van der Waals surface area contributed by atoms with Crippen molar-refractivity contribution < 1.29 is 26.7 Å². The molecule has 0 spiro atoms. The van der Waals surface area contributed by atoms with E-state index in [0.29, 0.717) is 18.9 Å². The Hall–Kier alpha value is -1.50. The van der Waals surface area contributed by atoms with Gasteiger partial charge in [-0.15, -0.1) is 0 Å². The molecule has 0 aliphatic rings. The Bertz CT molecular complexity index is 584. The highest BCUT2D eigenvalue weighted by atomic mass is 32.2. The highest BCUT2D eigenvalue weighted by Crippen LogP contribution is 2.24. The third kappa shape index (κ3) is 3.53. The molecule has 4 nitrogen and oxygen atoms in total. The van der Waals surface area contributed by atoms with Crippen molar-refractivity contribution in [1.29, 1.82) is 0 Å². The van der Waals surface area contributed by atoms with Gasteiger partial charge in [-0.1, -0.05) is 19.8 Å². The molecule has 0 aromatic heterocycles. The predicted molar refractivity (Wildman–Crippen MR) is 68.9 cm³/mol. The molecule has 1 atom stereocenters. The lowest BCUT2D eigenvalue weighted by atomic mass is 10.2. The molecule has 1 aromatic rings. The zero-order chi connectivity index (χ0) is 15.3. The normalized spacial score (nSPS) is 13.0. The number of unbranched alkanes of at least 4 members (excludes halogenated alkanes) is 1. The first-order valence-corrected chi connectivity index (χ1v) is 7.66. The fraction of sp³-hybridized carbons (Fsp3) is 0.462. The maximum absolute atomic E-state index is 13.6. The van der Waals surface area contributed by atoms with E-state index in [1.807, 2.05) is 6.92 Å². The van der Waals surface area contributed by atoms with Gasteiger partial charge in [-0.2, -0.15) is 0 Å². The molecule has 1 unspecified atom stereocenters. The summed E-state index contributed by atoms with van der Waals surface area (Å²) in [6.07, 6.45) is 1.18. The minimum Gasteiger partial charge on any atom is -0.468 e. The van der Waals surface area contributed by atoms with Crippen molar-refractivity contribution in [2.45, 2.75) is 36.3 Å². The highest BCUT2D eigenvalue weighted by molar-refractivity contribution is 7.92. The van der Waals surface area contributed by atoms with E-state index < -0.39 is 37.6 Å². The molecule has 0 radical (unpaired) electrons. The van der Waals surface area contributed by atoms with E-state index in [1.165, 1.54) is 0 Å². The van der Waals surface area contributed by atoms with Crippen LogP contribution in [0.1, 0.15) is 26.2 Å². The van der Waals surface area contributed by atoms with Gasteiger partial charge in [0.2, 0.25) is 0 Å². The molecule has 1 aromatic carbocycles. The van der Waals surface area contributed by atoms with Gasteiger partial charge >= 0.3 is 5.97 Å². The largest absolute Gasteiger partial charge is 0.468 e. The Morgan fingerprint density at radius 2 is 2.00 bits per heavy atom. The highest BCUT2D eigenvalue weighted by Gasteiger charge is 2.36. The Kier molecular flexibility index (Phi) is 5.62. The summed E-state index contributed by atoms with van der Waals surface area (Å²) in [4.78, 5) is 10.9. The van der Waals surface area contributed by atoms with Gasteiger partial charge in [0.15, 0.2) is 15.1 Å². The van der Waals surface area contributed by atoms with Crippen LogP contribution in [0.2, 0.25) is 0 Å². The van der Waals surface area contributed by atoms with Crippen LogP contribution < -0.4 is 0 Å². The number of hydrogen-bond acceptors (Lipinski definition) is 4. The molecule has 1 rings (SSSR count). The standard InChI is InChI=1S/C13H16F2O4S/c1-3-4-5-12(13(16)19-2)20(17,18)11-7-6-9(14)8-10(11)15/h6-8,12H,3-5H2,1-2H3. The first kappa shape index (κ1) is 16.6. The number of methoxy groups -OCH3 is 1. The van der Waals surface area contributed by atoms with E-state index in [0.717, 1.165) is 19.2 Å². The van der Waals surface area contributed by atoms with Crippen LogP contribution in [0.25, 0.3) is 0 Å². The fourth-order valence-electron chi connectivity index (χ4n) is 1.78. The van der Waals surface area contributed by atoms with Gasteiger partial charge in [-0.3, -0.25) is 4.79 Å². The van der Waals surface area contributed by atoms with Crippen molar-refractivity contribution in [3.8, 4) is 0 Å². The molecular formula is C13H16F2O4S. The van der Waals surface area contributed by atoms with E-state index >= 15 is 0 Å². The molecule has 0 bridgehead atoms. The number of carbonyl (C=O) groups is 1. The van der Waals surface area contributed by atoms with Crippen LogP contribution in [0, 0.1) is 11.6 Å². The number of benzene rings is 1. The number of esters is 1. The second kappa shape index (κ2) is 6.78. The van der Waals surface area contributed by atoms with Crippen LogP contribution in [0.4, 0.5) is 8.78 Å². The van der Waals surface area contributed by atoms with Gasteiger partial charge < -0.3 is 4.74 Å². The van der Waals surface area contributed by atoms with Crippen LogP contribution in [0.15, 0.2) is 23.1 Å². The van der Waals surface area contributed by atoms with Gasteiger partial charge in [-0.05, 0) is 18.6 Å². The van der Waals surface area contributed by atoms with E-state index in [4.69, 9.17) is 0 Å². The Morgan fingerprint density at radius 3 is 2.50 bits per heavy atom. The molecule has 20 heavy (non-hydrogen) atoms. The summed E-state index contributed by atoms with van der Waals surface area (Å²) in [5, 5.41) is -1.48. The van der Waals surface area contributed by atoms with Crippen LogP contribution in [-0.4, -0.2) is 26.7 Å². The second-order valence-electron chi connectivity index (χ2n) is 4.27. The van der Waals surface area contributed by atoms with Crippen molar-refractivity contribution in [3.05, 3.63) is 29.8 Å². The monoisotopic (exact) mass is 306 g/mol. The minimum atomic E-state index is -4.25. The molecule has 0 aliphatic heterocycles. The van der Waals surface area contributed by atoms with E-state index in [1.54, 1.807) is 0 Å². The third-order valence-corrected chi connectivity index (χ3v) is 4.98. The quantitative estimate of drug-likeness (QED) is 0.598. The first-order chi connectivity index (χ1) is 9.34. The Balaban J connectivity index is 3.25. The summed E-state index contributed by atoms with van der Waals surface area (Å²) in [6, 6.07) is 2.13. The van der Waals surface area contributed by atoms with E-state index in [9.17, 15) is 22.0 Å². The lowest BCUT2D eigenvalue weighted by Crippen LogP contribution is -2.32. The lowest BCUT2D eigenvalue weighted by molar-refractivity contribution is -0.140. The van der Waals surface area contributed by atoms with Gasteiger partial charge in [0, 0.05) is 6.07 Å². The smallest absolute Gasteiger partial charge is 0.324 e.